The molecule has 6 nitrogen and oxygen atoms in total. The first kappa shape index (κ1) is 15.6. The van der Waals surface area contributed by atoms with Crippen molar-refractivity contribution >= 4 is 24.1 Å². The van der Waals surface area contributed by atoms with Gasteiger partial charge in [-0.25, -0.2) is 0 Å². The quantitative estimate of drug-likeness (QED) is 0.612. The smallest absolute Gasteiger partial charge is 0.262 e. The molecule has 1 unspecified atom stereocenters. The van der Waals surface area contributed by atoms with Crippen LogP contribution in [0.15, 0.2) is 48.5 Å². The molecule has 0 fully saturated rings. The van der Waals surface area contributed by atoms with Gasteiger partial charge in [-0.3, -0.25) is 19.3 Å². The van der Waals surface area contributed by atoms with Gasteiger partial charge in [-0.2, -0.15) is 0 Å². The first-order valence-corrected chi connectivity index (χ1v) is 7.16. The van der Waals surface area contributed by atoms with Crippen molar-refractivity contribution < 1.29 is 24.3 Å². The third-order valence-corrected chi connectivity index (χ3v) is 4.22. The lowest BCUT2D eigenvalue weighted by Gasteiger charge is -2.38. The number of hydrogen-bond acceptors (Lipinski definition) is 5. The van der Waals surface area contributed by atoms with Crippen LogP contribution in [-0.4, -0.2) is 29.0 Å². The summed E-state index contributed by atoms with van der Waals surface area (Å²) in [5.41, 5.74) is -1.41. The van der Waals surface area contributed by atoms with Crippen molar-refractivity contribution in [2.75, 3.05) is 0 Å². The van der Waals surface area contributed by atoms with Crippen molar-refractivity contribution in [3.63, 3.8) is 0 Å². The van der Waals surface area contributed by atoms with Gasteiger partial charge in [0.05, 0.1) is 17.1 Å². The van der Waals surface area contributed by atoms with Gasteiger partial charge in [0.2, 0.25) is 0 Å². The van der Waals surface area contributed by atoms with Gasteiger partial charge in [-0.05, 0) is 30.7 Å². The first-order chi connectivity index (χ1) is 11.4. The second-order valence-corrected chi connectivity index (χ2v) is 5.59. The van der Waals surface area contributed by atoms with Crippen LogP contribution in [0.2, 0.25) is 0 Å². The average molecular weight is 322 g/mol. The molecule has 6 heteroatoms. The predicted octanol–water partition coefficient (Wildman–Crippen LogP) is 0.760. The van der Waals surface area contributed by atoms with Crippen molar-refractivity contribution in [3.8, 4) is 0 Å². The molecule has 0 N–H and O–H groups in total. The largest absolute Gasteiger partial charge is 0.547 e. The minimum absolute atomic E-state index is 0.113. The van der Waals surface area contributed by atoms with Gasteiger partial charge in [0.1, 0.15) is 11.8 Å². The van der Waals surface area contributed by atoms with Crippen LogP contribution in [0.1, 0.15) is 43.6 Å². The molecule has 0 saturated carbocycles. The van der Waals surface area contributed by atoms with E-state index in [1.807, 2.05) is 0 Å². The minimum Gasteiger partial charge on any atom is -0.547 e. The Hall–Kier alpha value is -3.28. The minimum atomic E-state index is -2.04. The molecule has 0 spiro atoms. The molecule has 0 aromatic heterocycles. The number of nitrogens with zero attached hydrogens (tertiary/aromatic N) is 1. The molecule has 1 heterocycles. The van der Waals surface area contributed by atoms with Gasteiger partial charge in [0, 0.05) is 5.56 Å². The number of carbonyl (C=O) groups is 4. The second kappa shape index (κ2) is 5.42. The highest BCUT2D eigenvalue weighted by molar-refractivity contribution is 6.23. The number of carboxylic acid groups (broad SMARTS) is 1. The highest BCUT2D eigenvalue weighted by atomic mass is 16.4. The summed E-state index contributed by atoms with van der Waals surface area (Å²) in [4.78, 5) is 48.8. The number of carbonyl (C=O) groups excluding carboxylic acids is 4. The molecule has 2 amide bonds. The maximum atomic E-state index is 12.6. The summed E-state index contributed by atoms with van der Waals surface area (Å²) in [6, 6.07) is 11.9. The number of amides is 2. The van der Waals surface area contributed by atoms with Crippen molar-refractivity contribution in [1.82, 2.24) is 4.90 Å². The Kier molecular flexibility index (Phi) is 3.52. The Bertz CT molecular complexity index is 853. The Morgan fingerprint density at radius 3 is 2.12 bits per heavy atom. The van der Waals surface area contributed by atoms with Gasteiger partial charge in [0.25, 0.3) is 11.8 Å². The lowest BCUT2D eigenvalue weighted by atomic mass is 9.89. The van der Waals surface area contributed by atoms with Crippen LogP contribution in [0.5, 0.6) is 0 Å². The van der Waals surface area contributed by atoms with Crippen LogP contribution in [0.25, 0.3) is 0 Å². The van der Waals surface area contributed by atoms with Gasteiger partial charge in [0.15, 0.2) is 0 Å². The summed E-state index contributed by atoms with van der Waals surface area (Å²) in [6.07, 6.45) is 0.557. The van der Waals surface area contributed by atoms with Crippen molar-refractivity contribution in [3.05, 3.63) is 70.8 Å². The summed E-state index contributed by atoms with van der Waals surface area (Å²) >= 11 is 0. The maximum absolute atomic E-state index is 12.6. The molecule has 0 bridgehead atoms. The van der Waals surface area contributed by atoms with Gasteiger partial charge < -0.3 is 9.90 Å². The van der Waals surface area contributed by atoms with Crippen LogP contribution in [0.4, 0.5) is 0 Å². The van der Waals surface area contributed by atoms with E-state index in [0.717, 1.165) is 0 Å². The van der Waals surface area contributed by atoms with Crippen LogP contribution < -0.4 is 5.11 Å². The van der Waals surface area contributed by atoms with E-state index in [-0.39, 0.29) is 22.3 Å². The van der Waals surface area contributed by atoms with Crippen molar-refractivity contribution in [1.29, 1.82) is 0 Å². The summed E-state index contributed by atoms with van der Waals surface area (Å²) in [5, 5.41) is 11.9. The molecular formula is C18H12NO5-. The standard InChI is InChI=1S/C18H13NO5/c1-18(17(23)24,12-6-4-5-11(9-12)10-20)19-15(21)13-7-2-3-8-14(13)16(19)22/h2-10H,1H3,(H,23,24)/p-1. The SMILES string of the molecule is CC(C(=O)[O-])(c1cccc(C=O)c1)N1C(=O)c2ccccc2C1=O. The molecule has 0 radical (unpaired) electrons. The van der Waals surface area contributed by atoms with E-state index < -0.39 is 23.3 Å². The number of hydrogen-bond donors (Lipinski definition) is 0. The fourth-order valence-corrected chi connectivity index (χ4v) is 2.85. The number of rotatable bonds is 4. The highest BCUT2D eigenvalue weighted by Crippen LogP contribution is 2.36. The molecule has 1 aliphatic rings. The molecule has 2 aromatic carbocycles. The van der Waals surface area contributed by atoms with Crippen LogP contribution in [0, 0.1) is 0 Å². The van der Waals surface area contributed by atoms with E-state index in [2.05, 4.69) is 0 Å². The fraction of sp³-hybridized carbons (Fsp3) is 0.111. The Balaban J connectivity index is 2.19. The number of aliphatic carboxylic acids is 1. The number of fused-ring (bicyclic) bond motifs is 1. The third-order valence-electron chi connectivity index (χ3n) is 4.22. The lowest BCUT2D eigenvalue weighted by Crippen LogP contribution is -2.57. The van der Waals surface area contributed by atoms with Crippen molar-refractivity contribution in [2.24, 2.45) is 0 Å². The zero-order chi connectivity index (χ0) is 17.5. The number of imide groups is 1. The molecule has 1 atom stereocenters. The van der Waals surface area contributed by atoms with E-state index in [4.69, 9.17) is 0 Å². The van der Waals surface area contributed by atoms with E-state index in [9.17, 15) is 24.3 Å². The van der Waals surface area contributed by atoms with E-state index >= 15 is 0 Å². The van der Waals surface area contributed by atoms with Crippen molar-refractivity contribution in [2.45, 2.75) is 12.5 Å². The zero-order valence-electron chi connectivity index (χ0n) is 12.7. The van der Waals surface area contributed by atoms with Crippen LogP contribution in [0.3, 0.4) is 0 Å². The van der Waals surface area contributed by atoms with E-state index in [1.54, 1.807) is 12.1 Å². The van der Waals surface area contributed by atoms with Gasteiger partial charge in [-0.15, -0.1) is 0 Å². The predicted molar refractivity (Wildman–Crippen MR) is 81.1 cm³/mol. The van der Waals surface area contributed by atoms with Crippen LogP contribution in [-0.2, 0) is 10.3 Å². The molecule has 2 aromatic rings. The molecule has 3 rings (SSSR count). The lowest BCUT2D eigenvalue weighted by molar-refractivity contribution is -0.317. The van der Waals surface area contributed by atoms with Gasteiger partial charge in [-0.1, -0.05) is 30.3 Å². The summed E-state index contributed by atoms with van der Waals surface area (Å²) in [6.45, 7) is 1.22. The summed E-state index contributed by atoms with van der Waals surface area (Å²) in [7, 11) is 0. The summed E-state index contributed by atoms with van der Waals surface area (Å²) in [5.74, 6) is -3.03. The second-order valence-electron chi connectivity index (χ2n) is 5.59. The number of aldehydes is 1. The summed E-state index contributed by atoms with van der Waals surface area (Å²) < 4.78 is 0. The number of benzene rings is 2. The Morgan fingerprint density at radius 1 is 1.04 bits per heavy atom. The molecule has 120 valence electrons. The molecule has 1 aliphatic heterocycles. The Labute approximate surface area is 137 Å². The highest BCUT2D eigenvalue weighted by Gasteiger charge is 2.48. The molecular weight excluding hydrogens is 310 g/mol. The first-order valence-electron chi connectivity index (χ1n) is 7.16. The monoisotopic (exact) mass is 322 g/mol. The molecule has 24 heavy (non-hydrogen) atoms. The molecule has 0 aliphatic carbocycles. The zero-order valence-corrected chi connectivity index (χ0v) is 12.7. The normalized spacial score (nSPS) is 15.8. The maximum Gasteiger partial charge on any atom is 0.262 e. The topological polar surface area (TPSA) is 94.6 Å². The van der Waals surface area contributed by atoms with Crippen LogP contribution >= 0.6 is 0 Å². The van der Waals surface area contributed by atoms with E-state index in [0.29, 0.717) is 11.2 Å². The third kappa shape index (κ3) is 2.04. The fourth-order valence-electron chi connectivity index (χ4n) is 2.85. The van der Waals surface area contributed by atoms with Gasteiger partial charge >= 0.3 is 0 Å². The Morgan fingerprint density at radius 2 is 1.62 bits per heavy atom. The average Bonchev–Trinajstić information content (AvgIpc) is 2.86. The van der Waals surface area contributed by atoms with E-state index in [1.165, 1.54) is 43.3 Å². The molecule has 0 saturated heterocycles. The number of carboxylic acids is 1.